The van der Waals surface area contributed by atoms with Gasteiger partial charge in [0.1, 0.15) is 15.6 Å². The highest BCUT2D eigenvalue weighted by Gasteiger charge is 2.26. The molecule has 7 nitrogen and oxygen atoms in total. The van der Waals surface area contributed by atoms with Gasteiger partial charge in [-0.15, -0.1) is 11.3 Å². The van der Waals surface area contributed by atoms with E-state index in [1.165, 1.54) is 11.3 Å². The summed E-state index contributed by atoms with van der Waals surface area (Å²) >= 11 is 1.36. The van der Waals surface area contributed by atoms with Gasteiger partial charge < -0.3 is 9.47 Å². The van der Waals surface area contributed by atoms with Crippen LogP contribution < -0.4 is 0 Å². The number of rotatable bonds is 3. The van der Waals surface area contributed by atoms with Crippen LogP contribution in [0.1, 0.15) is 28.6 Å². The molecule has 3 aromatic rings. The summed E-state index contributed by atoms with van der Waals surface area (Å²) in [5.74, 6) is 0.0347. The number of aromatic nitrogens is 5. The van der Waals surface area contributed by atoms with Crippen molar-refractivity contribution in [1.29, 1.82) is 0 Å². The Morgan fingerprint density at radius 1 is 1.17 bits per heavy atom. The number of likely N-dealkylation sites (tertiary alicyclic amines) is 1. The predicted octanol–water partition coefficient (Wildman–Crippen LogP) is 2.27. The first-order valence-electron chi connectivity index (χ1n) is 7.80. The van der Waals surface area contributed by atoms with Crippen molar-refractivity contribution in [2.45, 2.75) is 18.9 Å². The number of hydrogen-bond donors (Lipinski definition) is 0. The van der Waals surface area contributed by atoms with Crippen molar-refractivity contribution in [1.82, 2.24) is 29.4 Å². The number of amides is 1. The molecule has 4 rings (SSSR count). The number of nitrogens with zero attached hydrogens (tertiary/aromatic N) is 6. The lowest BCUT2D eigenvalue weighted by molar-refractivity contribution is 0.0684. The quantitative estimate of drug-likeness (QED) is 0.731. The van der Waals surface area contributed by atoms with Gasteiger partial charge in [-0.25, -0.2) is 9.97 Å². The van der Waals surface area contributed by atoms with Crippen molar-refractivity contribution < 1.29 is 4.79 Å². The molecule has 1 saturated heterocycles. The van der Waals surface area contributed by atoms with E-state index in [-0.39, 0.29) is 11.9 Å². The zero-order valence-electron chi connectivity index (χ0n) is 12.9. The molecule has 8 heteroatoms. The third-order valence-electron chi connectivity index (χ3n) is 4.13. The normalized spacial score (nSPS) is 17.8. The van der Waals surface area contributed by atoms with Gasteiger partial charge in [-0.05, 0) is 12.8 Å². The molecule has 1 aliphatic heterocycles. The number of piperidine rings is 1. The van der Waals surface area contributed by atoms with E-state index < -0.39 is 0 Å². The molecule has 1 amide bonds. The maximum atomic E-state index is 12.8. The third-order valence-corrected chi connectivity index (χ3v) is 5.14. The highest BCUT2D eigenvalue weighted by atomic mass is 32.1. The minimum absolute atomic E-state index is 0.0347. The number of imidazole rings is 1. The number of hydrogen-bond acceptors (Lipinski definition) is 6. The van der Waals surface area contributed by atoms with Gasteiger partial charge in [-0.3, -0.25) is 14.8 Å². The zero-order valence-corrected chi connectivity index (χ0v) is 13.8. The van der Waals surface area contributed by atoms with Gasteiger partial charge in [0.05, 0.1) is 24.8 Å². The summed E-state index contributed by atoms with van der Waals surface area (Å²) in [6.07, 6.45) is 14.1. The average Bonchev–Trinajstić information content (AvgIpc) is 3.34. The van der Waals surface area contributed by atoms with Crippen molar-refractivity contribution in [3.8, 4) is 10.7 Å². The second-order valence-electron chi connectivity index (χ2n) is 5.68. The molecule has 0 spiro atoms. The lowest BCUT2D eigenvalue weighted by Gasteiger charge is -2.33. The molecule has 0 aromatic carbocycles. The molecule has 1 aliphatic rings. The lowest BCUT2D eigenvalue weighted by Crippen LogP contribution is -2.40. The molecular weight excluding hydrogens is 324 g/mol. The van der Waals surface area contributed by atoms with E-state index in [0.717, 1.165) is 24.4 Å². The summed E-state index contributed by atoms with van der Waals surface area (Å²) in [5, 5.41) is 0.717. The van der Waals surface area contributed by atoms with Crippen molar-refractivity contribution in [3.63, 3.8) is 0 Å². The van der Waals surface area contributed by atoms with Crippen LogP contribution in [-0.4, -0.2) is 48.4 Å². The molecule has 1 fully saturated rings. The molecular formula is C16H16N6OS. The Hall–Kier alpha value is -2.61. The van der Waals surface area contributed by atoms with Crippen LogP contribution in [-0.2, 0) is 0 Å². The molecule has 0 N–H and O–H groups in total. The van der Waals surface area contributed by atoms with Gasteiger partial charge in [-0.1, -0.05) is 0 Å². The Bertz CT molecular complexity index is 816. The van der Waals surface area contributed by atoms with Gasteiger partial charge >= 0.3 is 0 Å². The largest absolute Gasteiger partial charge is 0.336 e. The van der Waals surface area contributed by atoms with Crippen LogP contribution in [0.5, 0.6) is 0 Å². The van der Waals surface area contributed by atoms with Crippen molar-refractivity contribution in [2.24, 2.45) is 0 Å². The summed E-state index contributed by atoms with van der Waals surface area (Å²) in [6.45, 7) is 1.48. The van der Waals surface area contributed by atoms with E-state index in [2.05, 4.69) is 24.5 Å². The Morgan fingerprint density at radius 3 is 2.92 bits per heavy atom. The third kappa shape index (κ3) is 2.92. The molecule has 122 valence electrons. The molecule has 1 atom stereocenters. The zero-order chi connectivity index (χ0) is 16.4. The molecule has 0 aliphatic carbocycles. The van der Waals surface area contributed by atoms with Crippen LogP contribution >= 0.6 is 11.3 Å². The Balaban J connectivity index is 1.50. The minimum Gasteiger partial charge on any atom is -0.336 e. The molecule has 0 saturated carbocycles. The van der Waals surface area contributed by atoms with E-state index in [1.54, 1.807) is 31.0 Å². The van der Waals surface area contributed by atoms with E-state index in [4.69, 9.17) is 0 Å². The average molecular weight is 340 g/mol. The van der Waals surface area contributed by atoms with Gasteiger partial charge in [0.15, 0.2) is 0 Å². The fourth-order valence-corrected chi connectivity index (χ4v) is 3.77. The fraction of sp³-hybridized carbons (Fsp3) is 0.312. The summed E-state index contributed by atoms with van der Waals surface area (Å²) in [7, 11) is 0. The number of thiazole rings is 1. The van der Waals surface area contributed by atoms with Crippen LogP contribution in [0, 0.1) is 0 Å². The highest BCUT2D eigenvalue weighted by molar-refractivity contribution is 7.16. The van der Waals surface area contributed by atoms with Gasteiger partial charge in [0, 0.05) is 37.9 Å². The standard InChI is InChI=1S/C16H16N6OS/c23-16(14-9-20-15(24-14)13-8-17-3-4-19-13)21-6-1-2-12(10-21)22-7-5-18-11-22/h3-5,7-9,11-12H,1-2,6,10H2/t12-/m0/s1. The summed E-state index contributed by atoms with van der Waals surface area (Å²) in [6, 6.07) is 0.289. The van der Waals surface area contributed by atoms with E-state index in [0.29, 0.717) is 17.1 Å². The van der Waals surface area contributed by atoms with Gasteiger partial charge in [-0.2, -0.15) is 0 Å². The Labute approximate surface area is 143 Å². The number of carbonyl (C=O) groups is 1. The van der Waals surface area contributed by atoms with Gasteiger partial charge in [0.2, 0.25) is 0 Å². The summed E-state index contributed by atoms with van der Waals surface area (Å²) < 4.78 is 2.08. The van der Waals surface area contributed by atoms with E-state index >= 15 is 0 Å². The molecule has 4 heterocycles. The maximum absolute atomic E-state index is 12.8. The Kier molecular flexibility index (Phi) is 4.04. The molecule has 0 unspecified atom stereocenters. The van der Waals surface area contributed by atoms with Crippen molar-refractivity contribution in [3.05, 3.63) is 48.4 Å². The molecule has 0 bridgehead atoms. The van der Waals surface area contributed by atoms with Crippen molar-refractivity contribution in [2.75, 3.05) is 13.1 Å². The minimum atomic E-state index is 0.0347. The van der Waals surface area contributed by atoms with E-state index in [1.807, 2.05) is 17.4 Å². The van der Waals surface area contributed by atoms with Crippen LogP contribution in [0.25, 0.3) is 10.7 Å². The first-order chi connectivity index (χ1) is 11.8. The van der Waals surface area contributed by atoms with Crippen LogP contribution in [0.15, 0.2) is 43.5 Å². The molecule has 0 radical (unpaired) electrons. The molecule has 3 aromatic heterocycles. The summed E-state index contributed by atoms with van der Waals surface area (Å²) in [5.41, 5.74) is 0.691. The van der Waals surface area contributed by atoms with E-state index in [9.17, 15) is 4.79 Å². The summed E-state index contributed by atoms with van der Waals surface area (Å²) in [4.78, 5) is 32.0. The lowest BCUT2D eigenvalue weighted by atomic mass is 10.1. The topological polar surface area (TPSA) is 76.8 Å². The van der Waals surface area contributed by atoms with Crippen LogP contribution in [0.4, 0.5) is 0 Å². The number of carbonyl (C=O) groups excluding carboxylic acids is 1. The first-order valence-corrected chi connectivity index (χ1v) is 8.62. The monoisotopic (exact) mass is 340 g/mol. The maximum Gasteiger partial charge on any atom is 0.265 e. The van der Waals surface area contributed by atoms with Crippen molar-refractivity contribution >= 4 is 17.2 Å². The van der Waals surface area contributed by atoms with Crippen LogP contribution in [0.2, 0.25) is 0 Å². The highest BCUT2D eigenvalue weighted by Crippen LogP contribution is 2.27. The first kappa shape index (κ1) is 14.9. The SMILES string of the molecule is O=C(c1cnc(-c2cnccn2)s1)N1CCC[C@H](n2ccnc2)C1. The molecule has 24 heavy (non-hydrogen) atoms. The second kappa shape index (κ2) is 6.48. The second-order valence-corrected chi connectivity index (χ2v) is 6.71. The van der Waals surface area contributed by atoms with Gasteiger partial charge in [0.25, 0.3) is 5.91 Å². The van der Waals surface area contributed by atoms with Crippen LogP contribution in [0.3, 0.4) is 0 Å². The smallest absolute Gasteiger partial charge is 0.265 e. The Morgan fingerprint density at radius 2 is 2.12 bits per heavy atom. The fourth-order valence-electron chi connectivity index (χ4n) is 2.92. The predicted molar refractivity (Wildman–Crippen MR) is 89.5 cm³/mol.